The van der Waals surface area contributed by atoms with Crippen molar-refractivity contribution in [3.05, 3.63) is 29.3 Å². The van der Waals surface area contributed by atoms with E-state index in [4.69, 9.17) is 5.73 Å². The average molecular weight is 402 g/mol. The zero-order valence-corrected chi connectivity index (χ0v) is 17.0. The molecular formula is C18H28ClN3O3S. The van der Waals surface area contributed by atoms with Gasteiger partial charge in [-0.2, -0.15) is 4.31 Å². The number of nitrogens with zero attached hydrogens (tertiary/aromatic N) is 2. The smallest absolute Gasteiger partial charge is 0.243 e. The summed E-state index contributed by atoms with van der Waals surface area (Å²) in [6.45, 7) is 5.86. The summed E-state index contributed by atoms with van der Waals surface area (Å²) in [6, 6.07) is 5.40. The second-order valence-corrected chi connectivity index (χ2v) is 9.09. The molecule has 1 saturated heterocycles. The molecule has 26 heavy (non-hydrogen) atoms. The van der Waals surface area contributed by atoms with Crippen LogP contribution in [0.25, 0.3) is 0 Å². The van der Waals surface area contributed by atoms with Crippen molar-refractivity contribution >= 4 is 28.3 Å². The molecule has 0 aliphatic carbocycles. The number of rotatable bonds is 3. The number of hydrogen-bond donors (Lipinski definition) is 1. The molecule has 2 N–H and O–H groups in total. The molecule has 3 rings (SSSR count). The molecule has 1 fully saturated rings. The first-order valence-electron chi connectivity index (χ1n) is 8.92. The van der Waals surface area contributed by atoms with Crippen molar-refractivity contribution in [2.24, 2.45) is 11.7 Å². The van der Waals surface area contributed by atoms with E-state index in [1.54, 1.807) is 23.4 Å². The fourth-order valence-corrected chi connectivity index (χ4v) is 5.70. The third-order valence-corrected chi connectivity index (χ3v) is 7.45. The van der Waals surface area contributed by atoms with Gasteiger partial charge >= 0.3 is 0 Å². The first-order chi connectivity index (χ1) is 11.8. The van der Waals surface area contributed by atoms with E-state index in [1.165, 1.54) is 0 Å². The molecule has 1 aromatic carbocycles. The first kappa shape index (κ1) is 21.2. The van der Waals surface area contributed by atoms with E-state index in [0.29, 0.717) is 37.5 Å². The molecule has 2 heterocycles. The van der Waals surface area contributed by atoms with Crippen LogP contribution in [0.15, 0.2) is 23.1 Å². The quantitative estimate of drug-likeness (QED) is 0.830. The maximum absolute atomic E-state index is 13.1. The lowest BCUT2D eigenvalue weighted by Crippen LogP contribution is -2.34. The Morgan fingerprint density at radius 2 is 1.88 bits per heavy atom. The number of carbonyl (C=O) groups is 1. The first-order valence-corrected chi connectivity index (χ1v) is 10.4. The SMILES string of the molecule is CC(=O)N1CCc2ccc(S(=O)(=O)N3CC(CN)CC3C)cc2CC1.Cl. The van der Waals surface area contributed by atoms with Gasteiger partial charge in [0, 0.05) is 32.6 Å². The van der Waals surface area contributed by atoms with Crippen LogP contribution >= 0.6 is 12.4 Å². The Morgan fingerprint density at radius 1 is 1.23 bits per heavy atom. The maximum Gasteiger partial charge on any atom is 0.243 e. The predicted molar refractivity (Wildman–Crippen MR) is 104 cm³/mol. The molecule has 1 amide bonds. The highest BCUT2D eigenvalue weighted by Gasteiger charge is 2.37. The van der Waals surface area contributed by atoms with E-state index in [-0.39, 0.29) is 30.3 Å². The number of halogens is 1. The highest BCUT2D eigenvalue weighted by atomic mass is 35.5. The molecule has 8 heteroatoms. The van der Waals surface area contributed by atoms with Crippen LogP contribution in [0.2, 0.25) is 0 Å². The fourth-order valence-electron chi connectivity index (χ4n) is 3.93. The highest BCUT2D eigenvalue weighted by molar-refractivity contribution is 7.89. The topological polar surface area (TPSA) is 83.7 Å². The fraction of sp³-hybridized carbons (Fsp3) is 0.611. The van der Waals surface area contributed by atoms with Crippen LogP contribution < -0.4 is 5.73 Å². The molecule has 6 nitrogen and oxygen atoms in total. The molecular weight excluding hydrogens is 374 g/mol. The number of sulfonamides is 1. The number of benzene rings is 1. The lowest BCUT2D eigenvalue weighted by molar-refractivity contribution is -0.128. The third-order valence-electron chi connectivity index (χ3n) is 5.47. The lowest BCUT2D eigenvalue weighted by atomic mass is 10.0. The predicted octanol–water partition coefficient (Wildman–Crippen LogP) is 1.41. The van der Waals surface area contributed by atoms with Gasteiger partial charge in [-0.1, -0.05) is 6.07 Å². The van der Waals surface area contributed by atoms with Gasteiger partial charge in [-0.15, -0.1) is 12.4 Å². The molecule has 2 aliphatic rings. The van der Waals surface area contributed by atoms with Crippen molar-refractivity contribution in [3.63, 3.8) is 0 Å². The number of hydrogen-bond acceptors (Lipinski definition) is 4. The minimum Gasteiger partial charge on any atom is -0.342 e. The van der Waals surface area contributed by atoms with Gasteiger partial charge in [-0.25, -0.2) is 8.42 Å². The van der Waals surface area contributed by atoms with Gasteiger partial charge in [-0.05, 0) is 61.9 Å². The largest absolute Gasteiger partial charge is 0.342 e. The summed E-state index contributed by atoms with van der Waals surface area (Å²) in [7, 11) is -3.51. The number of amides is 1. The van der Waals surface area contributed by atoms with Crippen molar-refractivity contribution in [1.29, 1.82) is 0 Å². The van der Waals surface area contributed by atoms with Gasteiger partial charge in [0.1, 0.15) is 0 Å². The molecule has 0 saturated carbocycles. The summed E-state index contributed by atoms with van der Waals surface area (Å²) >= 11 is 0. The van der Waals surface area contributed by atoms with Crippen molar-refractivity contribution in [3.8, 4) is 0 Å². The lowest BCUT2D eigenvalue weighted by Gasteiger charge is -2.21. The van der Waals surface area contributed by atoms with Gasteiger partial charge in [0.15, 0.2) is 0 Å². The summed E-state index contributed by atoms with van der Waals surface area (Å²) in [4.78, 5) is 13.8. The van der Waals surface area contributed by atoms with Crippen LogP contribution in [0.5, 0.6) is 0 Å². The molecule has 0 radical (unpaired) electrons. The summed E-state index contributed by atoms with van der Waals surface area (Å²) in [6.07, 6.45) is 2.28. The van der Waals surface area contributed by atoms with E-state index in [2.05, 4.69) is 0 Å². The number of nitrogens with two attached hydrogens (primary N) is 1. The Kier molecular flexibility index (Phi) is 6.71. The van der Waals surface area contributed by atoms with E-state index in [1.807, 2.05) is 17.9 Å². The molecule has 146 valence electrons. The molecule has 2 unspecified atom stereocenters. The van der Waals surface area contributed by atoms with Crippen LogP contribution in [0.1, 0.15) is 31.4 Å². The van der Waals surface area contributed by atoms with E-state index < -0.39 is 10.0 Å². The minimum atomic E-state index is -3.51. The van der Waals surface area contributed by atoms with Gasteiger partial charge in [-0.3, -0.25) is 4.79 Å². The van der Waals surface area contributed by atoms with Gasteiger partial charge in [0.25, 0.3) is 0 Å². The average Bonchev–Trinajstić information content (AvgIpc) is 2.83. The zero-order chi connectivity index (χ0) is 18.2. The highest BCUT2D eigenvalue weighted by Crippen LogP contribution is 2.30. The molecule has 2 atom stereocenters. The van der Waals surface area contributed by atoms with Gasteiger partial charge < -0.3 is 10.6 Å². The van der Waals surface area contributed by atoms with Crippen LogP contribution in [0.3, 0.4) is 0 Å². The second kappa shape index (κ2) is 8.25. The van der Waals surface area contributed by atoms with E-state index in [9.17, 15) is 13.2 Å². The Balaban J connectivity index is 0.00000243. The Morgan fingerprint density at radius 3 is 2.46 bits per heavy atom. The molecule has 0 spiro atoms. The maximum atomic E-state index is 13.1. The summed E-state index contributed by atoms with van der Waals surface area (Å²) in [5.41, 5.74) is 7.90. The van der Waals surface area contributed by atoms with Crippen molar-refractivity contribution in [2.45, 2.75) is 44.0 Å². The minimum absolute atomic E-state index is 0. The van der Waals surface area contributed by atoms with Gasteiger partial charge in [0.05, 0.1) is 4.90 Å². The number of fused-ring (bicyclic) bond motifs is 1. The van der Waals surface area contributed by atoms with Crippen LogP contribution in [-0.4, -0.2) is 55.8 Å². The van der Waals surface area contributed by atoms with Crippen molar-refractivity contribution in [2.75, 3.05) is 26.2 Å². The molecule has 1 aromatic rings. The Hall–Kier alpha value is -1.15. The van der Waals surface area contributed by atoms with Crippen LogP contribution in [0.4, 0.5) is 0 Å². The standard InChI is InChI=1S/C18H27N3O3S.ClH/c1-13-9-15(11-19)12-21(13)25(23,24)18-4-3-16-5-7-20(14(2)22)8-6-17(16)10-18;/h3-4,10,13,15H,5-9,11-12,19H2,1-2H3;1H. The van der Waals surface area contributed by atoms with E-state index in [0.717, 1.165) is 24.0 Å². The molecule has 0 bridgehead atoms. The van der Waals surface area contributed by atoms with Crippen LogP contribution in [-0.2, 0) is 27.7 Å². The molecule has 0 aromatic heterocycles. The molecule has 2 aliphatic heterocycles. The Bertz CT molecular complexity index is 769. The summed E-state index contributed by atoms with van der Waals surface area (Å²) in [5.74, 6) is 0.300. The zero-order valence-electron chi connectivity index (χ0n) is 15.3. The van der Waals surface area contributed by atoms with Crippen molar-refractivity contribution in [1.82, 2.24) is 9.21 Å². The normalized spacial score (nSPS) is 23.9. The van der Waals surface area contributed by atoms with Gasteiger partial charge in [0.2, 0.25) is 15.9 Å². The monoisotopic (exact) mass is 401 g/mol. The summed E-state index contributed by atoms with van der Waals surface area (Å²) in [5, 5.41) is 0. The number of carbonyl (C=O) groups excluding carboxylic acids is 1. The third kappa shape index (κ3) is 4.06. The van der Waals surface area contributed by atoms with E-state index >= 15 is 0 Å². The summed E-state index contributed by atoms with van der Waals surface area (Å²) < 4.78 is 27.7. The second-order valence-electron chi connectivity index (χ2n) is 7.20. The Labute approximate surface area is 162 Å². The van der Waals surface area contributed by atoms with Crippen molar-refractivity contribution < 1.29 is 13.2 Å². The van der Waals surface area contributed by atoms with Crippen LogP contribution in [0, 0.1) is 5.92 Å².